The van der Waals surface area contributed by atoms with Crippen LogP contribution in [0.25, 0.3) is 0 Å². The van der Waals surface area contributed by atoms with Crippen LogP contribution in [0.1, 0.15) is 138 Å². The maximum absolute atomic E-state index is 15.8. The molecule has 2 aromatic carbocycles. The maximum Gasteiger partial charge on any atom is 0.509 e. The van der Waals surface area contributed by atoms with E-state index in [1.54, 1.807) is 12.2 Å². The summed E-state index contributed by atoms with van der Waals surface area (Å²) >= 11 is 0. The van der Waals surface area contributed by atoms with Crippen molar-refractivity contribution in [2.45, 2.75) is 179 Å². The molecule has 0 aromatic heterocycles. The molecule has 0 amide bonds. The molecule has 3 aliphatic carbocycles. The number of anilines is 2. The Kier molecular flexibility index (Phi) is 17.3. The third kappa shape index (κ3) is 10.4. The lowest BCUT2D eigenvalue weighted by atomic mass is 9.47. The summed E-state index contributed by atoms with van der Waals surface area (Å²) < 4.78 is 38.4. The Balaban J connectivity index is 1.12. The van der Waals surface area contributed by atoms with Gasteiger partial charge >= 0.3 is 24.1 Å². The lowest BCUT2D eigenvalue weighted by Crippen LogP contribution is -2.82. The molecule has 12 atom stereocenters. The van der Waals surface area contributed by atoms with E-state index in [4.69, 9.17) is 33.3 Å². The number of nitrogens with zero attached hydrogens (tertiary/aromatic N) is 3. The van der Waals surface area contributed by atoms with Crippen LogP contribution in [0.2, 0.25) is 0 Å². The van der Waals surface area contributed by atoms with Crippen LogP contribution in [0.4, 0.5) is 16.2 Å². The lowest BCUT2D eigenvalue weighted by molar-refractivity contribution is -0.238. The molecule has 2 unspecified atom stereocenters. The molecule has 2 bridgehead atoms. The second-order valence-corrected chi connectivity index (χ2v) is 27.1. The smallest absolute Gasteiger partial charge is 0.496 e. The van der Waals surface area contributed by atoms with Crippen molar-refractivity contribution in [1.82, 2.24) is 9.80 Å². The van der Waals surface area contributed by atoms with Crippen LogP contribution in [-0.4, -0.2) is 147 Å². The molecule has 8 aliphatic rings. The Labute approximate surface area is 508 Å². The Morgan fingerprint density at radius 3 is 2.10 bits per heavy atom. The first kappa shape index (κ1) is 62.8. The van der Waals surface area contributed by atoms with E-state index >= 15 is 14.4 Å². The SMILES string of the molecule is CCC1(O)C[C@H]2CN(CC/C=C(\Nc3ccccc3)[C@@](C(=O)OC)(c3cc4c(cc3OC)N(OC)[C@H]3[C@@](OC(=O)O[C@@H]5CC(C)=C(/C=C/C=C/C6=C(C)C[C@H](O)CC6(C)C)C(C)(C)C5)(C(=O)OC)[C@H](OC(C)=O)[C@]5(CC)C=CCN6CC[C@]43[C@@H]65)C2)C1. The topological polar surface area (TPSA) is 195 Å². The molecule has 2 aromatic rings. The molecule has 86 heavy (non-hydrogen) atoms. The number of fused-ring (bicyclic) bond motifs is 3. The standard InChI is InChI=1S/C69H92N4O13/c1-14-65(79)37-46-38-68(60(76)81-11,56(27-21-30-71(41-46)42-65)70-47-23-17-16-18-24-47)53-35-52-54(36-55(53)80-10)73(83-13)58-67(52)29-32-72-31-22-28-66(15-2,57(67)72)59(84-45(5)74)69(58,61(77)82-12)86-62(78)85-49-34-44(4)51(64(8,9)40-49)26-20-19-25-50-43(3)33-48(75)39-63(50,6)7/h16-20,22-28,35-36,46,48-49,57-59,70,75,79H,14-15,21,29-34,37-42H2,1-13H3/b25-19+,26-20+,56-27-/t46-,48+,49-,57+,58-,59-,65?,66-,67-,68+,69+/m1/s1. The third-order valence-corrected chi connectivity index (χ3v) is 20.9. The van der Waals surface area contributed by atoms with E-state index in [9.17, 15) is 15.0 Å². The third-order valence-electron chi connectivity index (χ3n) is 20.9. The van der Waals surface area contributed by atoms with E-state index in [-0.39, 0.29) is 23.9 Å². The van der Waals surface area contributed by atoms with Gasteiger partial charge < -0.3 is 44.0 Å². The van der Waals surface area contributed by atoms with Gasteiger partial charge in [0.15, 0.2) is 6.10 Å². The number of aliphatic hydroxyl groups is 2. The van der Waals surface area contributed by atoms with Crippen LogP contribution < -0.4 is 15.1 Å². The number of carbonyl (C=O) groups excluding carboxylic acids is 4. The molecule has 3 fully saturated rings. The monoisotopic (exact) mass is 1180 g/mol. The molecule has 17 heteroatoms. The first-order valence-electron chi connectivity index (χ1n) is 31.0. The summed E-state index contributed by atoms with van der Waals surface area (Å²) in [6.07, 6.45) is 15.5. The van der Waals surface area contributed by atoms with Crippen LogP contribution in [-0.2, 0) is 53.7 Å². The zero-order valence-corrected chi connectivity index (χ0v) is 52.9. The summed E-state index contributed by atoms with van der Waals surface area (Å²) in [6, 6.07) is 11.8. The van der Waals surface area contributed by atoms with Crippen molar-refractivity contribution in [3.05, 3.63) is 124 Å². The van der Waals surface area contributed by atoms with E-state index in [1.165, 1.54) is 39.4 Å². The molecule has 1 saturated carbocycles. The van der Waals surface area contributed by atoms with E-state index in [0.29, 0.717) is 119 Å². The van der Waals surface area contributed by atoms with Gasteiger partial charge in [0.05, 0.1) is 45.8 Å². The van der Waals surface area contributed by atoms with Gasteiger partial charge in [-0.2, -0.15) is 0 Å². The number of piperidine rings is 1. The highest BCUT2D eigenvalue weighted by Crippen LogP contribution is 2.69. The highest BCUT2D eigenvalue weighted by atomic mass is 16.8. The highest BCUT2D eigenvalue weighted by Gasteiger charge is 2.83. The zero-order valence-electron chi connectivity index (χ0n) is 52.9. The average Bonchev–Trinajstić information content (AvgIpc) is 1.49. The van der Waals surface area contributed by atoms with Gasteiger partial charge in [0.25, 0.3) is 5.60 Å². The van der Waals surface area contributed by atoms with E-state index in [2.05, 4.69) is 74.0 Å². The molecule has 0 radical (unpaired) electrons. The van der Waals surface area contributed by atoms with Crippen molar-refractivity contribution in [2.75, 3.05) is 71.5 Å². The number of hydrogen-bond donors (Lipinski definition) is 3. The van der Waals surface area contributed by atoms with Crippen LogP contribution in [0.15, 0.2) is 113 Å². The van der Waals surface area contributed by atoms with Crippen molar-refractivity contribution in [3.63, 3.8) is 0 Å². The minimum atomic E-state index is -2.48. The van der Waals surface area contributed by atoms with Gasteiger partial charge in [-0.1, -0.05) is 113 Å². The molecule has 1 spiro atoms. The number of para-hydroxylation sites is 1. The number of allylic oxidation sites excluding steroid dienone is 6. The maximum atomic E-state index is 15.8. The number of methoxy groups -OCH3 is 3. The molecule has 5 aliphatic heterocycles. The van der Waals surface area contributed by atoms with Gasteiger partial charge in [0.1, 0.15) is 23.3 Å². The summed E-state index contributed by atoms with van der Waals surface area (Å²) in [5.74, 6) is -2.09. The second kappa shape index (κ2) is 23.7. The van der Waals surface area contributed by atoms with E-state index in [0.717, 1.165) is 16.8 Å². The van der Waals surface area contributed by atoms with E-state index in [1.807, 2.05) is 81.5 Å². The summed E-state index contributed by atoms with van der Waals surface area (Å²) in [4.78, 5) is 72.1. The Hall–Kier alpha value is -6.24. The van der Waals surface area contributed by atoms with Gasteiger partial charge in [0.2, 0.25) is 0 Å². The van der Waals surface area contributed by atoms with E-state index < -0.39 is 81.2 Å². The summed E-state index contributed by atoms with van der Waals surface area (Å²) in [5.41, 5.74) is -0.554. The predicted octanol–water partition coefficient (Wildman–Crippen LogP) is 10.5. The number of rotatable bonds is 15. The molecule has 10 rings (SSSR count). The fraction of sp³-hybridized carbons (Fsp3) is 0.594. The number of esters is 3. The van der Waals surface area contributed by atoms with Crippen LogP contribution in [0, 0.1) is 22.2 Å². The molecule has 5 heterocycles. The average molecular weight is 1190 g/mol. The number of hydrogen-bond acceptors (Lipinski definition) is 17. The number of aliphatic hydroxyl groups excluding tert-OH is 1. The number of nitrogens with one attached hydrogen (secondary N) is 1. The summed E-state index contributed by atoms with van der Waals surface area (Å²) in [6.45, 7) is 20.8. The highest BCUT2D eigenvalue weighted by molar-refractivity contribution is 5.92. The quantitative estimate of drug-likeness (QED) is 0.0659. The van der Waals surface area contributed by atoms with Gasteiger partial charge in [-0.15, -0.1) is 0 Å². The fourth-order valence-corrected chi connectivity index (χ4v) is 17.8. The van der Waals surface area contributed by atoms with Gasteiger partial charge in [-0.05, 0) is 130 Å². The zero-order chi connectivity index (χ0) is 61.9. The largest absolute Gasteiger partial charge is 0.509 e. The van der Waals surface area contributed by atoms with Gasteiger partial charge in [0, 0.05) is 79.4 Å². The molecule has 2 saturated heterocycles. The Morgan fingerprint density at radius 1 is 0.802 bits per heavy atom. The number of benzene rings is 2. The van der Waals surface area contributed by atoms with Crippen molar-refractivity contribution >= 4 is 35.4 Å². The normalized spacial score (nSPS) is 35.1. The molecule has 3 N–H and O–H groups in total. The Morgan fingerprint density at radius 2 is 1.49 bits per heavy atom. The molecule has 466 valence electrons. The van der Waals surface area contributed by atoms with Crippen molar-refractivity contribution in [1.29, 1.82) is 0 Å². The second-order valence-electron chi connectivity index (χ2n) is 27.1. The molecular weight excluding hydrogens is 1090 g/mol. The number of carbonyl (C=O) groups is 4. The predicted molar refractivity (Wildman–Crippen MR) is 328 cm³/mol. The number of hydroxylamine groups is 1. The van der Waals surface area contributed by atoms with Crippen LogP contribution in [0.5, 0.6) is 5.75 Å². The number of ether oxygens (including phenoxy) is 6. The summed E-state index contributed by atoms with van der Waals surface area (Å²) in [7, 11) is 5.68. The molecule has 17 nitrogen and oxygen atoms in total. The first-order chi connectivity index (χ1) is 40.9. The van der Waals surface area contributed by atoms with Crippen LogP contribution >= 0.6 is 0 Å². The minimum Gasteiger partial charge on any atom is -0.496 e. The van der Waals surface area contributed by atoms with Gasteiger partial charge in [-0.3, -0.25) is 24.2 Å². The van der Waals surface area contributed by atoms with Crippen LogP contribution in [0.3, 0.4) is 0 Å². The minimum absolute atomic E-state index is 0.160. The molecular formula is C69H92N4O13. The van der Waals surface area contributed by atoms with Gasteiger partial charge in [-0.25, -0.2) is 14.7 Å². The van der Waals surface area contributed by atoms with Crippen molar-refractivity contribution < 1.29 is 62.6 Å². The Bertz CT molecular complexity index is 3160. The fourth-order valence-electron chi connectivity index (χ4n) is 17.8. The lowest BCUT2D eigenvalue weighted by Gasteiger charge is -2.63. The summed E-state index contributed by atoms with van der Waals surface area (Å²) in [5, 5.41) is 28.0. The first-order valence-corrected chi connectivity index (χ1v) is 31.0. The van der Waals surface area contributed by atoms with Crippen molar-refractivity contribution in [2.24, 2.45) is 22.2 Å². The van der Waals surface area contributed by atoms with Crippen molar-refractivity contribution in [3.8, 4) is 5.75 Å².